The Morgan fingerprint density at radius 3 is 1.96 bits per heavy atom. The summed E-state index contributed by atoms with van der Waals surface area (Å²) in [4.78, 5) is 24.2. The fourth-order valence-electron chi connectivity index (χ4n) is 2.89. The molecule has 3 atom stereocenters. The van der Waals surface area contributed by atoms with E-state index < -0.39 is 12.1 Å². The summed E-state index contributed by atoms with van der Waals surface area (Å²) in [6.45, 7) is 9.80. The molecule has 0 spiro atoms. The van der Waals surface area contributed by atoms with Crippen molar-refractivity contribution in [1.29, 1.82) is 0 Å². The maximum atomic E-state index is 12.4. The second-order valence-electron chi connectivity index (χ2n) is 7.99. The predicted molar refractivity (Wildman–Crippen MR) is 108 cm³/mol. The van der Waals surface area contributed by atoms with Gasteiger partial charge < -0.3 is 15.8 Å². The van der Waals surface area contributed by atoms with Gasteiger partial charge >= 0.3 is 5.97 Å². The van der Waals surface area contributed by atoms with Gasteiger partial charge in [0.2, 0.25) is 5.91 Å². The van der Waals surface area contributed by atoms with Crippen LogP contribution in [0.1, 0.15) is 98.8 Å². The highest BCUT2D eigenvalue weighted by molar-refractivity contribution is 5.87. The molecule has 0 radical (unpaired) electrons. The molecule has 0 fully saturated rings. The molecule has 3 unspecified atom stereocenters. The second-order valence-corrected chi connectivity index (χ2v) is 7.99. The van der Waals surface area contributed by atoms with Crippen molar-refractivity contribution >= 4 is 11.9 Å². The predicted octanol–water partition coefficient (Wildman–Crippen LogP) is 4.33. The Morgan fingerprint density at radius 1 is 0.923 bits per heavy atom. The van der Waals surface area contributed by atoms with Crippen molar-refractivity contribution in [2.24, 2.45) is 11.7 Å². The SMILES string of the molecule is CCCCCCCCCCC(C)OC(=O)C(CC(C)C)NC(=O)C(C)N. The summed E-state index contributed by atoms with van der Waals surface area (Å²) < 4.78 is 5.56. The summed E-state index contributed by atoms with van der Waals surface area (Å²) in [5.74, 6) is -0.382. The molecule has 5 heteroatoms. The zero-order valence-electron chi connectivity index (χ0n) is 17.7. The molecule has 0 aromatic carbocycles. The summed E-state index contributed by atoms with van der Waals surface area (Å²) in [6, 6.07) is -1.25. The summed E-state index contributed by atoms with van der Waals surface area (Å²) in [5.41, 5.74) is 5.58. The topological polar surface area (TPSA) is 81.4 Å². The van der Waals surface area contributed by atoms with Crippen LogP contribution in [-0.2, 0) is 14.3 Å². The zero-order valence-corrected chi connectivity index (χ0v) is 17.7. The molecule has 5 nitrogen and oxygen atoms in total. The Bertz CT molecular complexity index is 383. The van der Waals surface area contributed by atoms with Gasteiger partial charge in [0.05, 0.1) is 12.1 Å². The largest absolute Gasteiger partial charge is 0.461 e. The van der Waals surface area contributed by atoms with Gasteiger partial charge in [0, 0.05) is 0 Å². The van der Waals surface area contributed by atoms with E-state index >= 15 is 0 Å². The Hall–Kier alpha value is -1.10. The fourth-order valence-corrected chi connectivity index (χ4v) is 2.89. The minimum absolute atomic E-state index is 0.121. The average Bonchev–Trinajstić information content (AvgIpc) is 2.55. The quantitative estimate of drug-likeness (QED) is 0.332. The van der Waals surface area contributed by atoms with E-state index in [-0.39, 0.29) is 23.9 Å². The summed E-state index contributed by atoms with van der Waals surface area (Å²) >= 11 is 0. The van der Waals surface area contributed by atoms with Gasteiger partial charge in [-0.2, -0.15) is 0 Å². The average molecular weight is 371 g/mol. The lowest BCUT2D eigenvalue weighted by molar-refractivity contribution is -0.153. The van der Waals surface area contributed by atoms with Crippen molar-refractivity contribution in [3.05, 3.63) is 0 Å². The molecule has 0 aliphatic rings. The zero-order chi connectivity index (χ0) is 19.9. The maximum Gasteiger partial charge on any atom is 0.328 e. The lowest BCUT2D eigenvalue weighted by atomic mass is 10.0. The Morgan fingerprint density at radius 2 is 1.46 bits per heavy atom. The van der Waals surface area contributed by atoms with Gasteiger partial charge in [0.15, 0.2) is 0 Å². The van der Waals surface area contributed by atoms with Crippen LogP contribution in [-0.4, -0.2) is 30.1 Å². The molecule has 0 aromatic rings. The van der Waals surface area contributed by atoms with Gasteiger partial charge in [-0.15, -0.1) is 0 Å². The number of carbonyl (C=O) groups excluding carboxylic acids is 2. The second kappa shape index (κ2) is 15.0. The first-order valence-electron chi connectivity index (χ1n) is 10.5. The molecule has 0 aromatic heterocycles. The van der Waals surface area contributed by atoms with Gasteiger partial charge in [-0.1, -0.05) is 65.7 Å². The molecule has 0 saturated heterocycles. The summed E-state index contributed by atoms with van der Waals surface area (Å²) in [6.07, 6.45) is 11.4. The van der Waals surface area contributed by atoms with Gasteiger partial charge in [0.25, 0.3) is 0 Å². The lowest BCUT2D eigenvalue weighted by Gasteiger charge is -2.22. The smallest absolute Gasteiger partial charge is 0.328 e. The normalized spacial score (nSPS) is 14.7. The molecule has 154 valence electrons. The van der Waals surface area contributed by atoms with Gasteiger partial charge in [-0.3, -0.25) is 4.79 Å². The fraction of sp³-hybridized carbons (Fsp3) is 0.905. The molecule has 3 N–H and O–H groups in total. The highest BCUT2D eigenvalue weighted by Gasteiger charge is 2.25. The Balaban J connectivity index is 4.11. The number of rotatable bonds is 15. The van der Waals surface area contributed by atoms with Crippen LogP contribution in [0.15, 0.2) is 0 Å². The van der Waals surface area contributed by atoms with Crippen LogP contribution in [0.25, 0.3) is 0 Å². The third-order valence-corrected chi connectivity index (χ3v) is 4.50. The van der Waals surface area contributed by atoms with Crippen molar-refractivity contribution < 1.29 is 14.3 Å². The van der Waals surface area contributed by atoms with Crippen LogP contribution in [0.4, 0.5) is 0 Å². The van der Waals surface area contributed by atoms with Crippen molar-refractivity contribution in [3.8, 4) is 0 Å². The maximum absolute atomic E-state index is 12.4. The van der Waals surface area contributed by atoms with E-state index in [1.165, 1.54) is 44.9 Å². The number of nitrogens with one attached hydrogen (secondary N) is 1. The molecule has 0 heterocycles. The Kier molecular flexibility index (Phi) is 14.4. The van der Waals surface area contributed by atoms with Crippen LogP contribution >= 0.6 is 0 Å². The molecule has 26 heavy (non-hydrogen) atoms. The monoisotopic (exact) mass is 370 g/mol. The van der Waals surface area contributed by atoms with Crippen LogP contribution in [0.3, 0.4) is 0 Å². The van der Waals surface area contributed by atoms with Crippen molar-refractivity contribution in [2.75, 3.05) is 0 Å². The van der Waals surface area contributed by atoms with Crippen LogP contribution in [0.2, 0.25) is 0 Å². The number of unbranched alkanes of at least 4 members (excludes halogenated alkanes) is 7. The number of esters is 1. The summed E-state index contributed by atoms with van der Waals surface area (Å²) in [5, 5.41) is 2.72. The summed E-state index contributed by atoms with van der Waals surface area (Å²) in [7, 11) is 0. The molecule has 0 aliphatic carbocycles. The van der Waals surface area contributed by atoms with Crippen LogP contribution < -0.4 is 11.1 Å². The van der Waals surface area contributed by atoms with Crippen LogP contribution in [0.5, 0.6) is 0 Å². The molecule has 0 saturated carbocycles. The van der Waals surface area contributed by atoms with E-state index in [0.29, 0.717) is 6.42 Å². The van der Waals surface area contributed by atoms with E-state index in [1.54, 1.807) is 6.92 Å². The highest BCUT2D eigenvalue weighted by Crippen LogP contribution is 2.13. The molecular formula is C21H42N2O3. The van der Waals surface area contributed by atoms with Gasteiger partial charge in [-0.05, 0) is 39.0 Å². The molecule has 1 amide bonds. The number of hydrogen-bond donors (Lipinski definition) is 2. The third kappa shape index (κ3) is 13.2. The first-order chi connectivity index (χ1) is 12.3. The minimum atomic E-state index is -0.632. The van der Waals surface area contributed by atoms with Crippen molar-refractivity contribution in [3.63, 3.8) is 0 Å². The standard InChI is InChI=1S/C21H42N2O3/c1-6-7-8-9-10-11-12-13-14-17(4)26-21(25)19(15-16(2)3)23-20(24)18(5)22/h16-19H,6-15,22H2,1-5H3,(H,23,24). The number of hydrogen-bond acceptors (Lipinski definition) is 4. The van der Waals surface area contributed by atoms with Crippen molar-refractivity contribution in [1.82, 2.24) is 5.32 Å². The van der Waals surface area contributed by atoms with E-state index in [9.17, 15) is 9.59 Å². The van der Waals surface area contributed by atoms with Gasteiger partial charge in [0.1, 0.15) is 6.04 Å². The van der Waals surface area contributed by atoms with E-state index in [1.807, 2.05) is 20.8 Å². The number of ether oxygens (including phenoxy) is 1. The molecule has 0 bridgehead atoms. The number of nitrogens with two attached hydrogens (primary N) is 1. The Labute approximate surface area is 160 Å². The third-order valence-electron chi connectivity index (χ3n) is 4.50. The molecular weight excluding hydrogens is 328 g/mol. The molecule has 0 aliphatic heterocycles. The van der Waals surface area contributed by atoms with E-state index in [2.05, 4.69) is 12.2 Å². The number of amides is 1. The van der Waals surface area contributed by atoms with E-state index in [4.69, 9.17) is 10.5 Å². The van der Waals surface area contributed by atoms with Gasteiger partial charge in [-0.25, -0.2) is 4.79 Å². The minimum Gasteiger partial charge on any atom is -0.461 e. The van der Waals surface area contributed by atoms with E-state index in [0.717, 1.165) is 12.8 Å². The first-order valence-corrected chi connectivity index (χ1v) is 10.5. The first kappa shape index (κ1) is 24.9. The lowest BCUT2D eigenvalue weighted by Crippen LogP contribution is -2.48. The highest BCUT2D eigenvalue weighted by atomic mass is 16.5. The van der Waals surface area contributed by atoms with Crippen molar-refractivity contribution in [2.45, 2.75) is 117 Å². The van der Waals surface area contributed by atoms with Crippen LogP contribution in [0, 0.1) is 5.92 Å². The number of carbonyl (C=O) groups is 2. The molecule has 0 rings (SSSR count).